The predicted molar refractivity (Wildman–Crippen MR) is 101 cm³/mol. The fraction of sp³-hybridized carbons (Fsp3) is 0.167. The minimum absolute atomic E-state index is 0.235. The summed E-state index contributed by atoms with van der Waals surface area (Å²) in [6, 6.07) is 7.33. The summed E-state index contributed by atoms with van der Waals surface area (Å²) in [5.41, 5.74) is 1.15. The fourth-order valence-corrected chi connectivity index (χ4v) is 3.57. The number of benzene rings is 1. The molecule has 0 saturated heterocycles. The number of carbonyl (C=O) groups is 2. The molecule has 3 aromatic rings. The highest BCUT2D eigenvalue weighted by Crippen LogP contribution is 2.21. The van der Waals surface area contributed by atoms with E-state index in [0.29, 0.717) is 16.9 Å². The van der Waals surface area contributed by atoms with Gasteiger partial charge < -0.3 is 13.7 Å². The molecule has 28 heavy (non-hydrogen) atoms. The molecular weight excluding hydrogens is 386 g/mol. The molecule has 0 aliphatic carbocycles. The van der Waals surface area contributed by atoms with Crippen LogP contribution in [0.5, 0.6) is 0 Å². The van der Waals surface area contributed by atoms with Gasteiger partial charge in [0, 0.05) is 6.54 Å². The first-order valence-electron chi connectivity index (χ1n) is 8.19. The normalized spacial score (nSPS) is 11.5. The number of allylic oxidation sites excluding steroid dienone is 1. The number of esters is 1. The van der Waals surface area contributed by atoms with Gasteiger partial charge in [-0.25, -0.2) is 4.79 Å². The maximum Gasteiger partial charge on any atom is 0.433 e. The number of aromatic nitrogens is 1. The van der Waals surface area contributed by atoms with Crippen molar-refractivity contribution in [1.82, 2.24) is 4.57 Å². The summed E-state index contributed by atoms with van der Waals surface area (Å²) >= 11 is 1.19. The van der Waals surface area contributed by atoms with Gasteiger partial charge >= 0.3 is 17.8 Å². The average molecular weight is 401 g/mol. The van der Waals surface area contributed by atoms with Crippen LogP contribution in [0, 0.1) is 10.1 Å². The summed E-state index contributed by atoms with van der Waals surface area (Å²) in [6.45, 7) is 6.07. The summed E-state index contributed by atoms with van der Waals surface area (Å²) in [7, 11) is 0. The second-order valence-corrected chi connectivity index (χ2v) is 6.51. The van der Waals surface area contributed by atoms with Gasteiger partial charge in [0.1, 0.15) is 4.92 Å². The minimum Gasteiger partial charge on any atom is -0.462 e. The molecule has 0 atom stereocenters. The second kappa shape index (κ2) is 8.01. The van der Waals surface area contributed by atoms with Crippen LogP contribution in [0.4, 0.5) is 5.88 Å². The first kappa shape index (κ1) is 19.2. The molecule has 10 heteroatoms. The number of thiazole rings is 1. The van der Waals surface area contributed by atoms with Gasteiger partial charge in [0.2, 0.25) is 5.76 Å². The van der Waals surface area contributed by atoms with E-state index < -0.39 is 22.7 Å². The van der Waals surface area contributed by atoms with Crippen LogP contribution in [0.1, 0.15) is 27.8 Å². The molecule has 0 spiro atoms. The summed E-state index contributed by atoms with van der Waals surface area (Å²) in [6.07, 6.45) is 1.65. The number of furan rings is 1. The van der Waals surface area contributed by atoms with Gasteiger partial charge in [-0.1, -0.05) is 17.4 Å². The van der Waals surface area contributed by atoms with Crippen LogP contribution < -0.4 is 4.80 Å². The van der Waals surface area contributed by atoms with Crippen molar-refractivity contribution >= 4 is 39.3 Å². The topological polar surface area (TPSA) is 117 Å². The molecule has 3 rings (SSSR count). The minimum atomic E-state index is -0.747. The molecule has 1 aromatic carbocycles. The van der Waals surface area contributed by atoms with E-state index in [-0.39, 0.29) is 12.4 Å². The molecule has 1 amide bonds. The standard InChI is InChI=1S/C18H15N3O6S/c1-3-9-20-12-6-5-11(17(23)26-4-2)10-14(12)28-18(20)19-16(22)13-7-8-15(27-13)21(24)25/h3,5-8,10H,1,4,9H2,2H3. The van der Waals surface area contributed by atoms with Crippen LogP contribution in [-0.4, -0.2) is 28.0 Å². The van der Waals surface area contributed by atoms with E-state index in [9.17, 15) is 19.7 Å². The largest absolute Gasteiger partial charge is 0.462 e. The highest BCUT2D eigenvalue weighted by atomic mass is 32.1. The molecule has 0 radical (unpaired) electrons. The number of carbonyl (C=O) groups excluding carboxylic acids is 2. The fourth-order valence-electron chi connectivity index (χ4n) is 2.49. The van der Waals surface area contributed by atoms with Gasteiger partial charge in [-0.3, -0.25) is 14.9 Å². The van der Waals surface area contributed by atoms with Crippen LogP contribution in [-0.2, 0) is 11.3 Å². The lowest BCUT2D eigenvalue weighted by atomic mass is 10.2. The Kier molecular flexibility index (Phi) is 5.50. The molecule has 2 aromatic heterocycles. The molecule has 9 nitrogen and oxygen atoms in total. The lowest BCUT2D eigenvalue weighted by Crippen LogP contribution is -2.16. The number of nitrogens with zero attached hydrogens (tertiary/aromatic N) is 3. The van der Waals surface area contributed by atoms with Crippen LogP contribution in [0.2, 0.25) is 0 Å². The van der Waals surface area contributed by atoms with Crippen LogP contribution in [0.3, 0.4) is 0 Å². The molecule has 0 aliphatic rings. The maximum absolute atomic E-state index is 12.4. The van der Waals surface area contributed by atoms with E-state index in [2.05, 4.69) is 11.6 Å². The summed E-state index contributed by atoms with van der Waals surface area (Å²) in [4.78, 5) is 38.6. The van der Waals surface area contributed by atoms with Gasteiger partial charge in [-0.05, 0) is 31.2 Å². The number of hydrogen-bond donors (Lipinski definition) is 0. The van der Waals surface area contributed by atoms with Crippen molar-refractivity contribution in [2.45, 2.75) is 13.5 Å². The highest BCUT2D eigenvalue weighted by Gasteiger charge is 2.18. The number of fused-ring (bicyclic) bond motifs is 1. The number of amides is 1. The Hall–Kier alpha value is -3.53. The summed E-state index contributed by atoms with van der Waals surface area (Å²) in [5.74, 6) is -1.96. The van der Waals surface area contributed by atoms with Crippen molar-refractivity contribution in [3.63, 3.8) is 0 Å². The Morgan fingerprint density at radius 1 is 1.39 bits per heavy atom. The van der Waals surface area contributed by atoms with E-state index in [1.165, 1.54) is 17.4 Å². The van der Waals surface area contributed by atoms with Crippen LogP contribution in [0.25, 0.3) is 10.2 Å². The van der Waals surface area contributed by atoms with Crippen molar-refractivity contribution in [3.8, 4) is 0 Å². The Morgan fingerprint density at radius 2 is 2.18 bits per heavy atom. The Labute approximate surface area is 162 Å². The lowest BCUT2D eigenvalue weighted by Gasteiger charge is -2.03. The average Bonchev–Trinajstić information content (AvgIpc) is 3.28. The van der Waals surface area contributed by atoms with E-state index >= 15 is 0 Å². The molecule has 0 saturated carbocycles. The molecule has 0 unspecified atom stereocenters. The monoisotopic (exact) mass is 401 g/mol. The van der Waals surface area contributed by atoms with Crippen molar-refractivity contribution in [2.24, 2.45) is 4.99 Å². The number of nitro groups is 1. The van der Waals surface area contributed by atoms with Crippen molar-refractivity contribution in [1.29, 1.82) is 0 Å². The van der Waals surface area contributed by atoms with E-state index in [4.69, 9.17) is 9.15 Å². The SMILES string of the molecule is C=CCn1c(=NC(=O)c2ccc([N+](=O)[O-])o2)sc2cc(C(=O)OCC)ccc21. The third-order valence-corrected chi connectivity index (χ3v) is 4.73. The van der Waals surface area contributed by atoms with E-state index in [0.717, 1.165) is 16.3 Å². The zero-order valence-corrected chi connectivity index (χ0v) is 15.6. The molecule has 2 heterocycles. The molecule has 144 valence electrons. The summed E-state index contributed by atoms with van der Waals surface area (Å²) < 4.78 is 12.4. The maximum atomic E-state index is 12.4. The molecular formula is C18H15N3O6S. The van der Waals surface area contributed by atoms with Gasteiger partial charge in [0.25, 0.3) is 0 Å². The highest BCUT2D eigenvalue weighted by molar-refractivity contribution is 7.16. The van der Waals surface area contributed by atoms with Crippen LogP contribution in [0.15, 0.2) is 52.4 Å². The molecule has 0 N–H and O–H groups in total. The van der Waals surface area contributed by atoms with Crippen molar-refractivity contribution in [3.05, 3.63) is 69.2 Å². The number of ether oxygens (including phenoxy) is 1. The quantitative estimate of drug-likeness (QED) is 0.271. The Balaban J connectivity index is 2.07. The van der Waals surface area contributed by atoms with Gasteiger partial charge in [0.15, 0.2) is 4.80 Å². The molecule has 0 aliphatic heterocycles. The van der Waals surface area contributed by atoms with Crippen LogP contribution >= 0.6 is 11.3 Å². The smallest absolute Gasteiger partial charge is 0.433 e. The van der Waals surface area contributed by atoms with Gasteiger partial charge in [0.05, 0.1) is 28.5 Å². The molecule has 0 bridgehead atoms. The third-order valence-electron chi connectivity index (χ3n) is 3.69. The first-order valence-corrected chi connectivity index (χ1v) is 9.01. The van der Waals surface area contributed by atoms with Crippen molar-refractivity contribution < 1.29 is 23.7 Å². The predicted octanol–water partition coefficient (Wildman–Crippen LogP) is 3.31. The Bertz CT molecular complexity index is 1150. The summed E-state index contributed by atoms with van der Waals surface area (Å²) in [5, 5.41) is 10.7. The third kappa shape index (κ3) is 3.76. The van der Waals surface area contributed by atoms with Crippen molar-refractivity contribution in [2.75, 3.05) is 6.61 Å². The molecule has 0 fully saturated rings. The van der Waals surface area contributed by atoms with Gasteiger partial charge in [-0.15, -0.1) is 6.58 Å². The zero-order valence-electron chi connectivity index (χ0n) is 14.8. The first-order chi connectivity index (χ1) is 13.4. The van der Waals surface area contributed by atoms with Gasteiger partial charge in [-0.2, -0.15) is 4.99 Å². The second-order valence-electron chi connectivity index (χ2n) is 5.50. The Morgan fingerprint density at radius 3 is 2.82 bits per heavy atom. The lowest BCUT2D eigenvalue weighted by molar-refractivity contribution is -0.402. The number of rotatable bonds is 6. The zero-order chi connectivity index (χ0) is 20.3. The number of hydrogen-bond acceptors (Lipinski definition) is 7. The van der Waals surface area contributed by atoms with E-state index in [1.54, 1.807) is 35.8 Å². The van der Waals surface area contributed by atoms with E-state index in [1.807, 2.05) is 0 Å².